The van der Waals surface area contributed by atoms with E-state index >= 15 is 0 Å². The lowest BCUT2D eigenvalue weighted by atomic mass is 10.0. The summed E-state index contributed by atoms with van der Waals surface area (Å²) in [4.78, 5) is 15.5. The van der Waals surface area contributed by atoms with Crippen molar-refractivity contribution in [3.8, 4) is 0 Å². The van der Waals surface area contributed by atoms with Crippen molar-refractivity contribution in [1.29, 1.82) is 0 Å². The molecule has 0 radical (unpaired) electrons. The molecule has 2 rings (SSSR count). The summed E-state index contributed by atoms with van der Waals surface area (Å²) in [5.41, 5.74) is 0. The molecule has 0 bridgehead atoms. The maximum Gasteiger partial charge on any atom is 0.327 e. The van der Waals surface area contributed by atoms with Crippen LogP contribution in [0, 0.1) is 0 Å². The minimum atomic E-state index is -0.154. The van der Waals surface area contributed by atoms with Crippen LogP contribution in [0.2, 0.25) is 0 Å². The predicted molar refractivity (Wildman–Crippen MR) is 59.2 cm³/mol. The van der Waals surface area contributed by atoms with E-state index in [-0.39, 0.29) is 18.2 Å². The lowest BCUT2D eigenvalue weighted by Gasteiger charge is -2.28. The number of nitrogens with one attached hydrogen (secondary N) is 1. The van der Waals surface area contributed by atoms with E-state index in [4.69, 9.17) is 4.74 Å². The van der Waals surface area contributed by atoms with Gasteiger partial charge in [0.25, 0.3) is 0 Å². The van der Waals surface area contributed by atoms with Gasteiger partial charge in [-0.1, -0.05) is 0 Å². The number of carbonyl (C=O) groups is 1. The molecule has 1 aromatic heterocycles. The Morgan fingerprint density at radius 3 is 3.12 bits per heavy atom. The van der Waals surface area contributed by atoms with Crippen LogP contribution in [0.25, 0.3) is 0 Å². The van der Waals surface area contributed by atoms with Gasteiger partial charge in [-0.05, 0) is 26.2 Å². The van der Waals surface area contributed by atoms with Gasteiger partial charge in [-0.25, -0.2) is 9.78 Å². The molecule has 0 saturated carbocycles. The fraction of sp³-hybridized carbons (Fsp3) is 0.636. The summed E-state index contributed by atoms with van der Waals surface area (Å²) < 4.78 is 7.05. The molecule has 1 fully saturated rings. The fourth-order valence-corrected chi connectivity index (χ4v) is 1.90. The maximum atomic E-state index is 11.7. The second-order valence-electron chi connectivity index (χ2n) is 4.11. The Morgan fingerprint density at radius 1 is 1.62 bits per heavy atom. The Balaban J connectivity index is 1.86. The smallest absolute Gasteiger partial charge is 0.327 e. The van der Waals surface area contributed by atoms with Crippen molar-refractivity contribution in [2.75, 3.05) is 6.61 Å². The van der Waals surface area contributed by atoms with Crippen molar-refractivity contribution in [2.45, 2.75) is 38.3 Å². The third-order valence-electron chi connectivity index (χ3n) is 2.86. The van der Waals surface area contributed by atoms with Gasteiger partial charge in [-0.15, -0.1) is 0 Å². The van der Waals surface area contributed by atoms with Gasteiger partial charge in [-0.3, -0.25) is 4.57 Å². The zero-order valence-electron chi connectivity index (χ0n) is 9.43. The lowest BCUT2D eigenvalue weighted by molar-refractivity contribution is -0.00132. The summed E-state index contributed by atoms with van der Waals surface area (Å²) >= 11 is 0. The van der Waals surface area contributed by atoms with Crippen molar-refractivity contribution in [3.05, 3.63) is 18.7 Å². The van der Waals surface area contributed by atoms with Gasteiger partial charge in [0, 0.05) is 19.0 Å². The third-order valence-corrected chi connectivity index (χ3v) is 2.86. The Bertz CT molecular complexity index is 331. The van der Waals surface area contributed by atoms with E-state index in [1.807, 2.05) is 6.92 Å². The quantitative estimate of drug-likeness (QED) is 0.824. The topological polar surface area (TPSA) is 56.2 Å². The Kier molecular flexibility index (Phi) is 3.56. The van der Waals surface area contributed by atoms with Crippen LogP contribution < -0.4 is 5.32 Å². The first kappa shape index (κ1) is 11.1. The molecule has 5 heteroatoms. The number of ether oxygens (including phenoxy) is 1. The molecular weight excluding hydrogens is 206 g/mol. The van der Waals surface area contributed by atoms with E-state index in [1.54, 1.807) is 12.4 Å². The summed E-state index contributed by atoms with van der Waals surface area (Å²) in [6.45, 7) is 2.78. The zero-order valence-corrected chi connectivity index (χ0v) is 9.43. The predicted octanol–water partition coefficient (Wildman–Crippen LogP) is 1.40. The number of carbonyl (C=O) groups excluding carboxylic acids is 1. The molecule has 88 valence electrons. The minimum absolute atomic E-state index is 0.0372. The first-order valence-corrected chi connectivity index (χ1v) is 5.68. The van der Waals surface area contributed by atoms with Crippen molar-refractivity contribution in [2.24, 2.45) is 0 Å². The van der Waals surface area contributed by atoms with Gasteiger partial charge >= 0.3 is 6.03 Å². The summed E-state index contributed by atoms with van der Waals surface area (Å²) in [5, 5.41) is 2.91. The van der Waals surface area contributed by atoms with E-state index in [2.05, 4.69) is 10.3 Å². The highest BCUT2D eigenvalue weighted by Crippen LogP contribution is 2.15. The SMILES string of the molecule is CC(NC(=O)n1ccnc1)C1CCCCO1. The molecule has 2 unspecified atom stereocenters. The number of aromatic nitrogens is 2. The van der Waals surface area contributed by atoms with Crippen LogP contribution in [0.3, 0.4) is 0 Å². The molecule has 1 amide bonds. The number of hydrogen-bond acceptors (Lipinski definition) is 3. The Hall–Kier alpha value is -1.36. The Morgan fingerprint density at radius 2 is 2.50 bits per heavy atom. The van der Waals surface area contributed by atoms with Crippen LogP contribution in [-0.4, -0.2) is 34.3 Å². The number of rotatable bonds is 2. The minimum Gasteiger partial charge on any atom is -0.376 e. The highest BCUT2D eigenvalue weighted by molar-refractivity contribution is 5.76. The monoisotopic (exact) mass is 223 g/mol. The molecule has 1 aliphatic heterocycles. The van der Waals surface area contributed by atoms with Crippen molar-refractivity contribution >= 4 is 6.03 Å². The molecule has 0 aromatic carbocycles. The third kappa shape index (κ3) is 2.61. The standard InChI is InChI=1S/C11H17N3O2/c1-9(10-4-2-3-7-16-10)13-11(15)14-6-5-12-8-14/h5-6,8-10H,2-4,7H2,1H3,(H,13,15). The molecule has 2 atom stereocenters. The molecular formula is C11H17N3O2. The fourth-order valence-electron chi connectivity index (χ4n) is 1.90. The van der Waals surface area contributed by atoms with Gasteiger partial charge in [0.1, 0.15) is 6.33 Å². The van der Waals surface area contributed by atoms with E-state index in [0.29, 0.717) is 0 Å². The number of hydrogen-bond donors (Lipinski definition) is 1. The van der Waals surface area contributed by atoms with Crippen LogP contribution in [0.15, 0.2) is 18.7 Å². The van der Waals surface area contributed by atoms with Crippen molar-refractivity contribution in [1.82, 2.24) is 14.9 Å². The van der Waals surface area contributed by atoms with Gasteiger partial charge in [-0.2, -0.15) is 0 Å². The van der Waals surface area contributed by atoms with Gasteiger partial charge in [0.05, 0.1) is 12.1 Å². The average Bonchev–Trinajstić information content (AvgIpc) is 2.83. The van der Waals surface area contributed by atoms with E-state index < -0.39 is 0 Å². The zero-order chi connectivity index (χ0) is 11.4. The van der Waals surface area contributed by atoms with Gasteiger partial charge in [0.15, 0.2) is 0 Å². The molecule has 2 heterocycles. The van der Waals surface area contributed by atoms with Crippen LogP contribution in [0.1, 0.15) is 26.2 Å². The molecule has 1 saturated heterocycles. The highest BCUT2D eigenvalue weighted by Gasteiger charge is 2.22. The number of nitrogens with zero attached hydrogens (tertiary/aromatic N) is 2. The summed E-state index contributed by atoms with van der Waals surface area (Å²) in [7, 11) is 0. The molecule has 1 N–H and O–H groups in total. The molecule has 5 nitrogen and oxygen atoms in total. The Labute approximate surface area is 94.8 Å². The molecule has 1 aromatic rings. The van der Waals surface area contributed by atoms with Crippen LogP contribution in [0.5, 0.6) is 0 Å². The largest absolute Gasteiger partial charge is 0.376 e. The van der Waals surface area contributed by atoms with Crippen LogP contribution in [-0.2, 0) is 4.74 Å². The number of imidazole rings is 1. The maximum absolute atomic E-state index is 11.7. The summed E-state index contributed by atoms with van der Waals surface area (Å²) in [6, 6.07) is -0.116. The first-order valence-electron chi connectivity index (χ1n) is 5.68. The second-order valence-corrected chi connectivity index (χ2v) is 4.11. The molecule has 0 spiro atoms. The van der Waals surface area contributed by atoms with Crippen molar-refractivity contribution < 1.29 is 9.53 Å². The number of amides is 1. The van der Waals surface area contributed by atoms with Gasteiger partial charge in [0.2, 0.25) is 0 Å². The molecule has 0 aliphatic carbocycles. The van der Waals surface area contributed by atoms with Crippen LogP contribution >= 0.6 is 0 Å². The normalized spacial score (nSPS) is 22.7. The van der Waals surface area contributed by atoms with Crippen molar-refractivity contribution in [3.63, 3.8) is 0 Å². The van der Waals surface area contributed by atoms with Gasteiger partial charge < -0.3 is 10.1 Å². The first-order chi connectivity index (χ1) is 7.77. The molecule has 1 aliphatic rings. The van der Waals surface area contributed by atoms with E-state index in [0.717, 1.165) is 19.4 Å². The second kappa shape index (κ2) is 5.12. The summed E-state index contributed by atoms with van der Waals surface area (Å²) in [5.74, 6) is 0. The van der Waals surface area contributed by atoms with Crippen LogP contribution in [0.4, 0.5) is 4.79 Å². The summed E-state index contributed by atoms with van der Waals surface area (Å²) in [6.07, 6.45) is 8.16. The highest BCUT2D eigenvalue weighted by atomic mass is 16.5. The van der Waals surface area contributed by atoms with E-state index in [1.165, 1.54) is 17.3 Å². The average molecular weight is 223 g/mol. The molecule has 16 heavy (non-hydrogen) atoms. The van der Waals surface area contributed by atoms with E-state index in [9.17, 15) is 4.79 Å². The lowest BCUT2D eigenvalue weighted by Crippen LogP contribution is -2.45.